The number of ether oxygens (including phenoxy) is 1. The van der Waals surface area contributed by atoms with Crippen molar-refractivity contribution in [2.24, 2.45) is 0 Å². The van der Waals surface area contributed by atoms with Gasteiger partial charge >= 0.3 is 0 Å². The van der Waals surface area contributed by atoms with Gasteiger partial charge in [0.25, 0.3) is 5.91 Å². The van der Waals surface area contributed by atoms with Gasteiger partial charge in [-0.3, -0.25) is 4.79 Å². The first-order chi connectivity index (χ1) is 8.66. The van der Waals surface area contributed by atoms with E-state index in [1.54, 1.807) is 0 Å². The Hall–Kier alpha value is -1.59. The molecule has 5 nitrogen and oxygen atoms in total. The molecule has 5 heteroatoms. The molecule has 1 aromatic carbocycles. The van der Waals surface area contributed by atoms with Crippen LogP contribution in [0.15, 0.2) is 18.2 Å². The molecule has 1 fully saturated rings. The highest BCUT2D eigenvalue weighted by atomic mass is 16.5. The molecule has 0 atom stereocenters. The molecular weight excluding hydrogens is 230 g/mol. The van der Waals surface area contributed by atoms with Crippen LogP contribution in [0.25, 0.3) is 0 Å². The maximum absolute atomic E-state index is 11.9. The Morgan fingerprint density at radius 3 is 2.89 bits per heavy atom. The van der Waals surface area contributed by atoms with Gasteiger partial charge in [-0.2, -0.15) is 0 Å². The molecule has 98 valence electrons. The second-order valence-corrected chi connectivity index (χ2v) is 4.61. The summed E-state index contributed by atoms with van der Waals surface area (Å²) in [6.45, 7) is 5.65. The van der Waals surface area contributed by atoms with Gasteiger partial charge in [0.15, 0.2) is 6.54 Å². The number of rotatable bonds is 3. The minimum absolute atomic E-state index is 0.0283. The average Bonchev–Trinajstić information content (AvgIpc) is 2.36. The number of anilines is 2. The van der Waals surface area contributed by atoms with Gasteiger partial charge in [-0.1, -0.05) is 6.07 Å². The molecule has 0 aliphatic carbocycles. The minimum atomic E-state index is 0.0283. The first-order valence-electron chi connectivity index (χ1n) is 6.23. The third kappa shape index (κ3) is 3.21. The molecule has 2 rings (SSSR count). The summed E-state index contributed by atoms with van der Waals surface area (Å²) in [5, 5.41) is 2.92. The van der Waals surface area contributed by atoms with Crippen LogP contribution in [0, 0.1) is 6.92 Å². The maximum Gasteiger partial charge on any atom is 0.279 e. The van der Waals surface area contributed by atoms with Gasteiger partial charge in [-0.25, -0.2) is 0 Å². The predicted octanol–water partition coefficient (Wildman–Crippen LogP) is -0.569. The molecule has 18 heavy (non-hydrogen) atoms. The number of benzene rings is 1. The van der Waals surface area contributed by atoms with Crippen LogP contribution in [0.2, 0.25) is 0 Å². The van der Waals surface area contributed by atoms with Crippen LogP contribution < -0.4 is 16.0 Å². The summed E-state index contributed by atoms with van der Waals surface area (Å²) in [7, 11) is 0. The molecule has 4 N–H and O–H groups in total. The van der Waals surface area contributed by atoms with Gasteiger partial charge < -0.3 is 20.7 Å². The van der Waals surface area contributed by atoms with Crippen molar-refractivity contribution in [3.8, 4) is 0 Å². The lowest BCUT2D eigenvalue weighted by atomic mass is 10.1. The van der Waals surface area contributed by atoms with Gasteiger partial charge in [0.2, 0.25) is 0 Å². The fourth-order valence-electron chi connectivity index (χ4n) is 2.05. The number of nitrogens with two attached hydrogens (primary N) is 1. The van der Waals surface area contributed by atoms with E-state index < -0.39 is 0 Å². The Morgan fingerprint density at radius 1 is 1.44 bits per heavy atom. The van der Waals surface area contributed by atoms with Crippen LogP contribution in [-0.4, -0.2) is 38.8 Å². The molecule has 1 aliphatic rings. The Morgan fingerprint density at radius 2 is 2.17 bits per heavy atom. The number of hydrogen-bond donors (Lipinski definition) is 3. The molecule has 1 heterocycles. The summed E-state index contributed by atoms with van der Waals surface area (Å²) in [6, 6.07) is 5.55. The number of nitrogens with one attached hydrogen (secondary N) is 2. The van der Waals surface area contributed by atoms with Crippen molar-refractivity contribution < 1.29 is 14.4 Å². The number of carbonyl (C=O) groups excluding carboxylic acids is 1. The number of hydrogen-bond acceptors (Lipinski definition) is 3. The topological polar surface area (TPSA) is 68.8 Å². The average molecular weight is 250 g/mol. The molecule has 1 saturated heterocycles. The smallest absolute Gasteiger partial charge is 0.279 e. The van der Waals surface area contributed by atoms with Crippen molar-refractivity contribution in [1.29, 1.82) is 0 Å². The normalized spacial score (nSPS) is 16.5. The molecule has 0 aromatic heterocycles. The van der Waals surface area contributed by atoms with Crippen molar-refractivity contribution in [1.82, 2.24) is 0 Å². The van der Waals surface area contributed by atoms with Gasteiger partial charge in [-0.05, 0) is 24.6 Å². The Labute approximate surface area is 107 Å². The van der Waals surface area contributed by atoms with Gasteiger partial charge in [0.1, 0.15) is 13.1 Å². The molecule has 0 unspecified atom stereocenters. The summed E-state index contributed by atoms with van der Waals surface area (Å²) in [5.74, 6) is 0.0283. The van der Waals surface area contributed by atoms with E-state index in [4.69, 9.17) is 10.5 Å². The van der Waals surface area contributed by atoms with Gasteiger partial charge in [-0.15, -0.1) is 0 Å². The fraction of sp³-hybridized carbons (Fsp3) is 0.462. The maximum atomic E-state index is 11.9. The zero-order valence-corrected chi connectivity index (χ0v) is 10.7. The number of morpholine rings is 1. The summed E-state index contributed by atoms with van der Waals surface area (Å²) in [5.41, 5.74) is 8.23. The quantitative estimate of drug-likeness (QED) is 0.629. The van der Waals surface area contributed by atoms with E-state index in [2.05, 4.69) is 5.32 Å². The van der Waals surface area contributed by atoms with E-state index in [9.17, 15) is 4.79 Å². The lowest BCUT2D eigenvalue weighted by Crippen LogP contribution is -3.15. The van der Waals surface area contributed by atoms with E-state index in [1.165, 1.54) is 4.90 Å². The van der Waals surface area contributed by atoms with E-state index in [0.29, 0.717) is 12.2 Å². The summed E-state index contributed by atoms with van der Waals surface area (Å²) in [6.07, 6.45) is 0. The second-order valence-electron chi connectivity index (χ2n) is 4.61. The van der Waals surface area contributed by atoms with Crippen LogP contribution in [0.4, 0.5) is 11.4 Å². The van der Waals surface area contributed by atoms with E-state index in [0.717, 1.165) is 37.6 Å². The number of quaternary nitrogens is 1. The molecule has 0 radical (unpaired) electrons. The van der Waals surface area contributed by atoms with Crippen molar-refractivity contribution in [2.45, 2.75) is 6.92 Å². The third-order valence-corrected chi connectivity index (χ3v) is 3.26. The molecule has 1 aliphatic heterocycles. The first-order valence-corrected chi connectivity index (χ1v) is 6.23. The monoisotopic (exact) mass is 250 g/mol. The molecule has 1 aromatic rings. The molecule has 1 amide bonds. The highest BCUT2D eigenvalue weighted by molar-refractivity contribution is 5.92. The van der Waals surface area contributed by atoms with Crippen molar-refractivity contribution in [3.05, 3.63) is 23.8 Å². The first kappa shape index (κ1) is 12.9. The van der Waals surface area contributed by atoms with Crippen LogP contribution in [-0.2, 0) is 9.53 Å². The minimum Gasteiger partial charge on any atom is -0.398 e. The zero-order chi connectivity index (χ0) is 13.0. The predicted molar refractivity (Wildman–Crippen MR) is 70.6 cm³/mol. The summed E-state index contributed by atoms with van der Waals surface area (Å²) >= 11 is 0. The lowest BCUT2D eigenvalue weighted by Gasteiger charge is -2.23. The van der Waals surface area contributed by atoms with Crippen LogP contribution in [0.5, 0.6) is 0 Å². The molecule has 0 spiro atoms. The summed E-state index contributed by atoms with van der Waals surface area (Å²) < 4.78 is 5.27. The van der Waals surface area contributed by atoms with Crippen molar-refractivity contribution in [3.63, 3.8) is 0 Å². The van der Waals surface area contributed by atoms with Gasteiger partial charge in [0.05, 0.1) is 13.2 Å². The largest absolute Gasteiger partial charge is 0.398 e. The third-order valence-electron chi connectivity index (χ3n) is 3.26. The Balaban J connectivity index is 1.92. The van der Waals surface area contributed by atoms with E-state index >= 15 is 0 Å². The van der Waals surface area contributed by atoms with Crippen molar-refractivity contribution in [2.75, 3.05) is 43.9 Å². The number of carbonyl (C=O) groups is 1. The number of amides is 1. The van der Waals surface area contributed by atoms with Crippen LogP contribution in [0.3, 0.4) is 0 Å². The highest BCUT2D eigenvalue weighted by Crippen LogP contribution is 2.19. The van der Waals surface area contributed by atoms with E-state index in [-0.39, 0.29) is 5.91 Å². The lowest BCUT2D eigenvalue weighted by molar-refractivity contribution is -0.899. The Bertz CT molecular complexity index is 428. The molecule has 0 bridgehead atoms. The highest BCUT2D eigenvalue weighted by Gasteiger charge is 2.18. The van der Waals surface area contributed by atoms with Gasteiger partial charge in [0, 0.05) is 11.4 Å². The molecular formula is C13H20N3O2+. The Kier molecular flexibility index (Phi) is 4.17. The zero-order valence-electron chi connectivity index (χ0n) is 10.7. The van der Waals surface area contributed by atoms with Crippen molar-refractivity contribution >= 4 is 17.3 Å². The fourth-order valence-corrected chi connectivity index (χ4v) is 2.05. The molecule has 0 saturated carbocycles. The standard InChI is InChI=1S/C13H19N3O2/c1-10-11(14)3-2-4-12(10)15-13(17)9-16-5-7-18-8-6-16/h2-4H,5-9,14H2,1H3,(H,15,17)/p+1. The van der Waals surface area contributed by atoms with Crippen LogP contribution >= 0.6 is 0 Å². The SMILES string of the molecule is Cc1c(N)cccc1NC(=O)C[NH+]1CCOCC1. The number of nitrogen functional groups attached to an aromatic ring is 1. The second kappa shape index (κ2) is 5.84. The summed E-state index contributed by atoms with van der Waals surface area (Å²) in [4.78, 5) is 13.2. The van der Waals surface area contributed by atoms with E-state index in [1.807, 2.05) is 25.1 Å². The van der Waals surface area contributed by atoms with Crippen LogP contribution in [0.1, 0.15) is 5.56 Å².